The third kappa shape index (κ3) is 2.56. The van der Waals surface area contributed by atoms with Gasteiger partial charge in [-0.15, -0.1) is 0 Å². The summed E-state index contributed by atoms with van der Waals surface area (Å²) in [4.78, 5) is 17.6. The molecule has 1 aliphatic rings. The number of anilines is 1. The van der Waals surface area contributed by atoms with Crippen LogP contribution >= 0.6 is 0 Å². The molecule has 15 heavy (non-hydrogen) atoms. The molecule has 1 aliphatic heterocycles. The summed E-state index contributed by atoms with van der Waals surface area (Å²) in [6.07, 6.45) is 2.47. The van der Waals surface area contributed by atoms with Gasteiger partial charge in [0.15, 0.2) is 0 Å². The van der Waals surface area contributed by atoms with E-state index in [1.165, 1.54) is 12.4 Å². The van der Waals surface area contributed by atoms with Crippen LogP contribution in [0.2, 0.25) is 0 Å². The van der Waals surface area contributed by atoms with Crippen LogP contribution in [0.15, 0.2) is 17.2 Å². The Labute approximate surface area is 87.9 Å². The molecule has 0 saturated carbocycles. The first-order valence-electron chi connectivity index (χ1n) is 5.15. The van der Waals surface area contributed by atoms with Gasteiger partial charge in [0.05, 0.1) is 12.9 Å². The Kier molecular flexibility index (Phi) is 3.01. The van der Waals surface area contributed by atoms with Gasteiger partial charge in [0.1, 0.15) is 5.82 Å². The van der Waals surface area contributed by atoms with E-state index in [0.717, 1.165) is 19.6 Å². The summed E-state index contributed by atoms with van der Waals surface area (Å²) in [5.74, 6) is 1.13. The van der Waals surface area contributed by atoms with Crippen molar-refractivity contribution in [1.82, 2.24) is 9.97 Å². The van der Waals surface area contributed by atoms with Gasteiger partial charge in [-0.25, -0.2) is 4.98 Å². The van der Waals surface area contributed by atoms with Gasteiger partial charge in [0, 0.05) is 24.6 Å². The third-order valence-electron chi connectivity index (χ3n) is 2.73. The Morgan fingerprint density at radius 3 is 3.27 bits per heavy atom. The fourth-order valence-electron chi connectivity index (χ4n) is 1.75. The van der Waals surface area contributed by atoms with E-state index in [4.69, 9.17) is 4.74 Å². The summed E-state index contributed by atoms with van der Waals surface area (Å²) in [5, 5.41) is 3.21. The minimum atomic E-state index is -0.137. The summed E-state index contributed by atoms with van der Waals surface area (Å²) in [6, 6.07) is 1.74. The van der Waals surface area contributed by atoms with Gasteiger partial charge < -0.3 is 15.0 Å². The van der Waals surface area contributed by atoms with Gasteiger partial charge in [-0.05, 0) is 13.3 Å². The van der Waals surface area contributed by atoms with Crippen molar-refractivity contribution in [2.75, 3.05) is 18.5 Å². The zero-order valence-corrected chi connectivity index (χ0v) is 8.69. The van der Waals surface area contributed by atoms with Crippen LogP contribution in [0.3, 0.4) is 0 Å². The van der Waals surface area contributed by atoms with Crippen molar-refractivity contribution in [1.29, 1.82) is 0 Å². The third-order valence-corrected chi connectivity index (χ3v) is 2.73. The van der Waals surface area contributed by atoms with E-state index in [1.54, 1.807) is 0 Å². The second-order valence-electron chi connectivity index (χ2n) is 3.85. The highest BCUT2D eigenvalue weighted by molar-refractivity contribution is 5.33. The van der Waals surface area contributed by atoms with Crippen LogP contribution in [0.25, 0.3) is 0 Å². The maximum Gasteiger partial charge on any atom is 0.252 e. The molecule has 2 unspecified atom stereocenters. The molecule has 1 fully saturated rings. The van der Waals surface area contributed by atoms with E-state index >= 15 is 0 Å². The van der Waals surface area contributed by atoms with Gasteiger partial charge in [-0.1, -0.05) is 0 Å². The van der Waals surface area contributed by atoms with E-state index in [0.29, 0.717) is 11.7 Å². The molecule has 2 N–H and O–H groups in total. The fourth-order valence-corrected chi connectivity index (χ4v) is 1.75. The lowest BCUT2D eigenvalue weighted by atomic mass is 10.0. The molecule has 0 spiro atoms. The molecule has 5 heteroatoms. The van der Waals surface area contributed by atoms with E-state index in [2.05, 4.69) is 22.2 Å². The normalized spacial score (nSPS) is 22.6. The number of aromatic nitrogens is 2. The molecule has 82 valence electrons. The highest BCUT2D eigenvalue weighted by Crippen LogP contribution is 2.18. The zero-order valence-electron chi connectivity index (χ0n) is 8.69. The first kappa shape index (κ1) is 10.2. The lowest BCUT2D eigenvalue weighted by Crippen LogP contribution is -2.27. The fraction of sp³-hybridized carbons (Fsp3) is 0.600. The van der Waals surface area contributed by atoms with Crippen molar-refractivity contribution in [3.05, 3.63) is 22.7 Å². The summed E-state index contributed by atoms with van der Waals surface area (Å²) in [7, 11) is 0. The smallest absolute Gasteiger partial charge is 0.252 e. The maximum atomic E-state index is 11.0. The number of nitrogens with zero attached hydrogens (tertiary/aromatic N) is 1. The number of H-pyrrole nitrogens is 1. The van der Waals surface area contributed by atoms with Crippen molar-refractivity contribution in [2.45, 2.75) is 19.4 Å². The van der Waals surface area contributed by atoms with E-state index < -0.39 is 0 Å². The number of aromatic amines is 1. The van der Waals surface area contributed by atoms with Gasteiger partial charge in [-0.2, -0.15) is 0 Å². The minimum absolute atomic E-state index is 0.137. The Hall–Kier alpha value is -1.36. The lowest BCUT2D eigenvalue weighted by Gasteiger charge is -2.19. The molecule has 0 amide bonds. The molecular weight excluding hydrogens is 194 g/mol. The average molecular weight is 209 g/mol. The number of hydrogen-bond donors (Lipinski definition) is 2. The van der Waals surface area contributed by atoms with Crippen LogP contribution < -0.4 is 10.9 Å². The molecule has 0 aliphatic carbocycles. The van der Waals surface area contributed by atoms with Crippen LogP contribution in [-0.2, 0) is 4.74 Å². The molecule has 2 atom stereocenters. The monoisotopic (exact) mass is 209 g/mol. The number of ether oxygens (including phenoxy) is 1. The van der Waals surface area contributed by atoms with Crippen molar-refractivity contribution in [3.63, 3.8) is 0 Å². The van der Waals surface area contributed by atoms with Crippen LogP contribution in [0.4, 0.5) is 5.82 Å². The van der Waals surface area contributed by atoms with Crippen LogP contribution in [0.1, 0.15) is 13.3 Å². The first-order valence-corrected chi connectivity index (χ1v) is 5.15. The molecular formula is C10H15N3O2. The van der Waals surface area contributed by atoms with Crippen molar-refractivity contribution in [3.8, 4) is 0 Å². The zero-order chi connectivity index (χ0) is 10.7. The van der Waals surface area contributed by atoms with Crippen molar-refractivity contribution >= 4 is 5.82 Å². The summed E-state index contributed by atoms with van der Waals surface area (Å²) >= 11 is 0. The molecule has 1 saturated heterocycles. The number of rotatable bonds is 3. The Balaban J connectivity index is 1.98. The highest BCUT2D eigenvalue weighted by Gasteiger charge is 2.22. The van der Waals surface area contributed by atoms with E-state index in [-0.39, 0.29) is 11.6 Å². The van der Waals surface area contributed by atoms with Crippen LogP contribution in [0, 0.1) is 5.92 Å². The largest absolute Gasteiger partial charge is 0.381 e. The Morgan fingerprint density at radius 1 is 1.73 bits per heavy atom. The van der Waals surface area contributed by atoms with E-state index in [1.807, 2.05) is 0 Å². The van der Waals surface area contributed by atoms with Crippen molar-refractivity contribution < 1.29 is 4.74 Å². The summed E-state index contributed by atoms with van der Waals surface area (Å²) < 4.78 is 5.31. The molecule has 2 rings (SSSR count). The molecule has 1 aromatic rings. The maximum absolute atomic E-state index is 11.0. The average Bonchev–Trinajstić information content (AvgIpc) is 2.70. The predicted octanol–water partition coefficient (Wildman–Crippen LogP) is 0.607. The van der Waals surface area contributed by atoms with Crippen LogP contribution in [-0.4, -0.2) is 29.2 Å². The highest BCUT2D eigenvalue weighted by atomic mass is 16.5. The molecule has 0 radical (unpaired) electrons. The van der Waals surface area contributed by atoms with Gasteiger partial charge in [0.2, 0.25) is 0 Å². The topological polar surface area (TPSA) is 67.0 Å². The first-order chi connectivity index (χ1) is 7.25. The number of hydrogen-bond acceptors (Lipinski definition) is 4. The Bertz CT molecular complexity index is 371. The second-order valence-corrected chi connectivity index (χ2v) is 3.85. The number of nitrogens with one attached hydrogen (secondary N) is 2. The van der Waals surface area contributed by atoms with Gasteiger partial charge in [-0.3, -0.25) is 4.79 Å². The molecule has 0 bridgehead atoms. The molecule has 5 nitrogen and oxygen atoms in total. The summed E-state index contributed by atoms with van der Waals surface area (Å²) in [6.45, 7) is 3.71. The van der Waals surface area contributed by atoms with Crippen LogP contribution in [0.5, 0.6) is 0 Å². The standard InChI is InChI=1S/C10H15N3O2/c1-7(8-2-3-15-5-8)13-9-4-10(14)12-6-11-9/h4,6-8H,2-3,5H2,1H3,(H2,11,12,13,14). The molecule has 2 heterocycles. The van der Waals surface area contributed by atoms with Gasteiger partial charge >= 0.3 is 0 Å². The molecule has 0 aromatic carbocycles. The summed E-state index contributed by atoms with van der Waals surface area (Å²) in [5.41, 5.74) is -0.137. The molecule has 1 aromatic heterocycles. The quantitative estimate of drug-likeness (QED) is 0.765. The van der Waals surface area contributed by atoms with E-state index in [9.17, 15) is 4.79 Å². The van der Waals surface area contributed by atoms with Crippen molar-refractivity contribution in [2.24, 2.45) is 5.92 Å². The lowest BCUT2D eigenvalue weighted by molar-refractivity contribution is 0.183. The SMILES string of the molecule is CC(Nc1cc(=O)[nH]cn1)C1CCOC1. The second kappa shape index (κ2) is 4.44. The minimum Gasteiger partial charge on any atom is -0.381 e. The predicted molar refractivity (Wildman–Crippen MR) is 56.9 cm³/mol. The Morgan fingerprint density at radius 2 is 2.60 bits per heavy atom. The van der Waals surface area contributed by atoms with Gasteiger partial charge in [0.25, 0.3) is 5.56 Å².